The van der Waals surface area contributed by atoms with Crippen LogP contribution in [0.1, 0.15) is 0 Å². The summed E-state index contributed by atoms with van der Waals surface area (Å²) < 4.78 is 10.9. The normalized spacial score (nSPS) is 12.6. The average molecular weight is 353 g/mol. The van der Waals surface area contributed by atoms with Gasteiger partial charge in [-0.05, 0) is 24.3 Å². The lowest BCUT2D eigenvalue weighted by molar-refractivity contribution is -0.114. The first kappa shape index (κ1) is 15.8. The van der Waals surface area contributed by atoms with Crippen molar-refractivity contribution in [3.8, 4) is 11.5 Å². The Morgan fingerprint density at radius 1 is 1.09 bits per heavy atom. The van der Waals surface area contributed by atoms with E-state index in [2.05, 4.69) is 10.6 Å². The van der Waals surface area contributed by atoms with Gasteiger partial charge in [-0.25, -0.2) is 0 Å². The molecule has 23 heavy (non-hydrogen) atoms. The van der Waals surface area contributed by atoms with E-state index >= 15 is 0 Å². The van der Waals surface area contributed by atoms with Gasteiger partial charge >= 0.3 is 0 Å². The molecule has 120 valence electrons. The van der Waals surface area contributed by atoms with Crippen LogP contribution in [-0.4, -0.2) is 25.7 Å². The molecule has 2 aromatic carbocycles. The van der Waals surface area contributed by atoms with Crippen LogP contribution >= 0.6 is 23.2 Å². The Hall–Kier alpha value is -2.11. The molecule has 0 bridgehead atoms. The van der Waals surface area contributed by atoms with Crippen LogP contribution in [0.4, 0.5) is 11.4 Å². The number of halogens is 2. The Labute approximate surface area is 143 Å². The molecule has 0 aromatic heterocycles. The van der Waals surface area contributed by atoms with E-state index in [9.17, 15) is 4.79 Å². The summed E-state index contributed by atoms with van der Waals surface area (Å²) in [6.45, 7) is 1.15. The van der Waals surface area contributed by atoms with Crippen molar-refractivity contribution in [3.05, 3.63) is 46.4 Å². The highest BCUT2D eigenvalue weighted by atomic mass is 35.5. The lowest BCUT2D eigenvalue weighted by atomic mass is 10.2. The SMILES string of the molecule is O=C(CNc1ccc2c(c1)OCCO2)Nc1cccc(Cl)c1Cl. The largest absolute Gasteiger partial charge is 0.486 e. The van der Waals surface area contributed by atoms with Gasteiger partial charge in [0.25, 0.3) is 0 Å². The quantitative estimate of drug-likeness (QED) is 0.878. The molecule has 1 heterocycles. The van der Waals surface area contributed by atoms with Crippen LogP contribution in [0.25, 0.3) is 0 Å². The molecule has 0 aliphatic carbocycles. The maximum Gasteiger partial charge on any atom is 0.243 e. The molecule has 0 fully saturated rings. The van der Waals surface area contributed by atoms with Crippen molar-refractivity contribution in [3.63, 3.8) is 0 Å². The number of rotatable bonds is 4. The van der Waals surface area contributed by atoms with Gasteiger partial charge in [-0.1, -0.05) is 29.3 Å². The molecule has 1 aliphatic heterocycles. The molecule has 7 heteroatoms. The van der Waals surface area contributed by atoms with Gasteiger partial charge in [0.15, 0.2) is 11.5 Å². The number of carbonyl (C=O) groups is 1. The lowest BCUT2D eigenvalue weighted by Gasteiger charge is -2.19. The van der Waals surface area contributed by atoms with E-state index in [-0.39, 0.29) is 12.5 Å². The van der Waals surface area contributed by atoms with Crippen LogP contribution in [-0.2, 0) is 4.79 Å². The van der Waals surface area contributed by atoms with E-state index < -0.39 is 0 Å². The van der Waals surface area contributed by atoms with Gasteiger partial charge in [0.05, 0.1) is 22.3 Å². The average Bonchev–Trinajstić information content (AvgIpc) is 2.57. The maximum absolute atomic E-state index is 12.0. The van der Waals surface area contributed by atoms with Crippen molar-refractivity contribution in [2.75, 3.05) is 30.4 Å². The lowest BCUT2D eigenvalue weighted by Crippen LogP contribution is -2.22. The van der Waals surface area contributed by atoms with Crippen LogP contribution in [0.15, 0.2) is 36.4 Å². The zero-order valence-electron chi connectivity index (χ0n) is 12.1. The number of carbonyl (C=O) groups excluding carboxylic acids is 1. The highest BCUT2D eigenvalue weighted by Gasteiger charge is 2.12. The Morgan fingerprint density at radius 2 is 1.87 bits per heavy atom. The summed E-state index contributed by atoms with van der Waals surface area (Å²) in [5.74, 6) is 1.14. The number of hydrogen-bond acceptors (Lipinski definition) is 4. The highest BCUT2D eigenvalue weighted by Crippen LogP contribution is 2.32. The third-order valence-electron chi connectivity index (χ3n) is 3.22. The monoisotopic (exact) mass is 352 g/mol. The van der Waals surface area contributed by atoms with Gasteiger partial charge < -0.3 is 20.1 Å². The number of hydrogen-bond donors (Lipinski definition) is 2. The van der Waals surface area contributed by atoms with E-state index in [1.54, 1.807) is 24.3 Å². The van der Waals surface area contributed by atoms with Crippen LogP contribution < -0.4 is 20.1 Å². The third-order valence-corrected chi connectivity index (χ3v) is 4.04. The second-order valence-corrected chi connectivity index (χ2v) is 5.65. The van der Waals surface area contributed by atoms with Crippen molar-refractivity contribution >= 4 is 40.5 Å². The van der Waals surface area contributed by atoms with Crippen molar-refractivity contribution < 1.29 is 14.3 Å². The smallest absolute Gasteiger partial charge is 0.243 e. The Balaban J connectivity index is 1.60. The van der Waals surface area contributed by atoms with E-state index in [0.717, 1.165) is 5.69 Å². The predicted molar refractivity (Wildman–Crippen MR) is 91.0 cm³/mol. The molecule has 3 rings (SSSR count). The first-order valence-corrected chi connectivity index (χ1v) is 7.76. The Morgan fingerprint density at radius 3 is 2.70 bits per heavy atom. The van der Waals surface area contributed by atoms with E-state index in [1.807, 2.05) is 12.1 Å². The first-order valence-electron chi connectivity index (χ1n) is 7.01. The summed E-state index contributed by atoms with van der Waals surface area (Å²) in [5, 5.41) is 6.45. The van der Waals surface area contributed by atoms with Crippen molar-refractivity contribution in [1.29, 1.82) is 0 Å². The topological polar surface area (TPSA) is 59.6 Å². The minimum Gasteiger partial charge on any atom is -0.486 e. The molecular weight excluding hydrogens is 339 g/mol. The first-order chi connectivity index (χ1) is 11.1. The number of benzene rings is 2. The number of fused-ring (bicyclic) bond motifs is 1. The number of nitrogens with one attached hydrogen (secondary N) is 2. The zero-order valence-corrected chi connectivity index (χ0v) is 13.6. The maximum atomic E-state index is 12.0. The fraction of sp³-hybridized carbons (Fsp3) is 0.188. The molecule has 0 spiro atoms. The number of anilines is 2. The van der Waals surface area contributed by atoms with Crippen LogP contribution in [0.5, 0.6) is 11.5 Å². The molecule has 0 radical (unpaired) electrons. The van der Waals surface area contributed by atoms with Crippen LogP contribution in [0.3, 0.4) is 0 Å². The van der Waals surface area contributed by atoms with Gasteiger partial charge in [-0.3, -0.25) is 4.79 Å². The molecule has 2 N–H and O–H groups in total. The molecule has 0 unspecified atom stereocenters. The van der Waals surface area contributed by atoms with Gasteiger partial charge in [0.2, 0.25) is 5.91 Å². The molecule has 0 saturated carbocycles. The van der Waals surface area contributed by atoms with Gasteiger partial charge in [0.1, 0.15) is 13.2 Å². The molecule has 2 aromatic rings. The summed E-state index contributed by atoms with van der Waals surface area (Å²) in [6, 6.07) is 10.5. The molecule has 5 nitrogen and oxygen atoms in total. The van der Waals surface area contributed by atoms with Crippen molar-refractivity contribution in [1.82, 2.24) is 0 Å². The summed E-state index contributed by atoms with van der Waals surface area (Å²) in [6.07, 6.45) is 0. The minimum atomic E-state index is -0.232. The molecule has 1 aliphatic rings. The standard InChI is InChI=1S/C16H14Cl2N2O3/c17-11-2-1-3-12(16(11)18)20-15(21)9-19-10-4-5-13-14(8-10)23-7-6-22-13/h1-5,8,19H,6-7,9H2,(H,20,21). The Bertz CT molecular complexity index is 737. The van der Waals surface area contributed by atoms with E-state index in [4.69, 9.17) is 32.7 Å². The van der Waals surface area contributed by atoms with Crippen molar-refractivity contribution in [2.45, 2.75) is 0 Å². The zero-order chi connectivity index (χ0) is 16.2. The second kappa shape index (κ2) is 6.98. The van der Waals surface area contributed by atoms with Gasteiger partial charge in [-0.15, -0.1) is 0 Å². The van der Waals surface area contributed by atoms with Crippen molar-refractivity contribution in [2.24, 2.45) is 0 Å². The second-order valence-electron chi connectivity index (χ2n) is 4.86. The highest BCUT2D eigenvalue weighted by molar-refractivity contribution is 6.44. The predicted octanol–water partition coefficient (Wildman–Crippen LogP) is 3.82. The molecule has 0 atom stereocenters. The summed E-state index contributed by atoms with van der Waals surface area (Å²) in [7, 11) is 0. The Kier molecular flexibility index (Phi) is 4.79. The van der Waals surface area contributed by atoms with Gasteiger partial charge in [-0.2, -0.15) is 0 Å². The summed E-state index contributed by atoms with van der Waals surface area (Å²) in [4.78, 5) is 12.0. The fourth-order valence-corrected chi connectivity index (χ4v) is 2.48. The number of ether oxygens (including phenoxy) is 2. The minimum absolute atomic E-state index is 0.0858. The molecular formula is C16H14Cl2N2O3. The molecule has 0 saturated heterocycles. The summed E-state index contributed by atoms with van der Waals surface area (Å²) in [5.41, 5.74) is 1.25. The van der Waals surface area contributed by atoms with Crippen LogP contribution in [0, 0.1) is 0 Å². The van der Waals surface area contributed by atoms with Gasteiger partial charge in [0, 0.05) is 11.8 Å². The van der Waals surface area contributed by atoms with Crippen LogP contribution in [0.2, 0.25) is 10.0 Å². The van der Waals surface area contributed by atoms with E-state index in [1.165, 1.54) is 0 Å². The van der Waals surface area contributed by atoms with E-state index in [0.29, 0.717) is 40.4 Å². The molecule has 1 amide bonds. The number of amides is 1. The summed E-state index contributed by atoms with van der Waals surface area (Å²) >= 11 is 11.9. The fourth-order valence-electron chi connectivity index (χ4n) is 2.13. The third kappa shape index (κ3) is 3.81.